The number of hydrogen-bond acceptors (Lipinski definition) is 4. The molecule has 0 unspecified atom stereocenters. The van der Waals surface area contributed by atoms with Crippen molar-refractivity contribution in [2.45, 2.75) is 0 Å². The highest BCUT2D eigenvalue weighted by Gasteiger charge is 2.14. The number of carbonyl (C=O) groups excluding carboxylic acids is 1. The third kappa shape index (κ3) is 1.29. The molecule has 0 saturated carbocycles. The van der Waals surface area contributed by atoms with Crippen molar-refractivity contribution in [2.75, 3.05) is 0 Å². The molecule has 2 rings (SSSR count). The molecule has 0 aromatic carbocycles. The average molecular weight is 179 g/mol. The van der Waals surface area contributed by atoms with Crippen molar-refractivity contribution in [3.63, 3.8) is 0 Å². The van der Waals surface area contributed by atoms with Crippen LogP contribution in [0.2, 0.25) is 0 Å². The standard InChI is InChI=1S/C8H5NO2S/c10-8-6(3-4-11-8)9-7-2-1-5-12-7/h1-5H. The van der Waals surface area contributed by atoms with Crippen molar-refractivity contribution in [1.29, 1.82) is 0 Å². The van der Waals surface area contributed by atoms with Gasteiger partial charge in [-0.1, -0.05) is 0 Å². The second-order valence-corrected chi connectivity index (χ2v) is 3.08. The van der Waals surface area contributed by atoms with Gasteiger partial charge in [0.25, 0.3) is 0 Å². The number of aliphatic imine (C=N–C) groups is 1. The molecule has 0 saturated heterocycles. The van der Waals surface area contributed by atoms with Gasteiger partial charge in [-0.3, -0.25) is 0 Å². The summed E-state index contributed by atoms with van der Waals surface area (Å²) in [6.07, 6.45) is 2.90. The van der Waals surface area contributed by atoms with Gasteiger partial charge in [0, 0.05) is 6.08 Å². The topological polar surface area (TPSA) is 38.7 Å². The van der Waals surface area contributed by atoms with Crippen molar-refractivity contribution >= 4 is 28.0 Å². The molecule has 1 aromatic heterocycles. The fraction of sp³-hybridized carbons (Fsp3) is 0. The molecule has 3 nitrogen and oxygen atoms in total. The molecular formula is C8H5NO2S. The Kier molecular flexibility index (Phi) is 1.75. The Labute approximate surface area is 73.0 Å². The van der Waals surface area contributed by atoms with E-state index in [0.29, 0.717) is 5.71 Å². The van der Waals surface area contributed by atoms with E-state index in [1.165, 1.54) is 17.6 Å². The summed E-state index contributed by atoms with van der Waals surface area (Å²) in [6.45, 7) is 0. The molecule has 0 bridgehead atoms. The smallest absolute Gasteiger partial charge is 0.361 e. The van der Waals surface area contributed by atoms with Gasteiger partial charge in [-0.05, 0) is 17.5 Å². The molecule has 0 spiro atoms. The minimum absolute atomic E-state index is 0.359. The number of rotatable bonds is 1. The first-order valence-electron chi connectivity index (χ1n) is 3.36. The Morgan fingerprint density at radius 1 is 1.50 bits per heavy atom. The van der Waals surface area contributed by atoms with Gasteiger partial charge in [0.05, 0.1) is 6.26 Å². The monoisotopic (exact) mass is 179 g/mol. The van der Waals surface area contributed by atoms with Crippen molar-refractivity contribution in [2.24, 2.45) is 4.99 Å². The van der Waals surface area contributed by atoms with Crippen LogP contribution in [0, 0.1) is 0 Å². The van der Waals surface area contributed by atoms with E-state index >= 15 is 0 Å². The second kappa shape index (κ2) is 2.91. The molecule has 0 atom stereocenters. The Morgan fingerprint density at radius 3 is 3.00 bits per heavy atom. The number of hydrogen-bond donors (Lipinski definition) is 0. The zero-order valence-corrected chi connectivity index (χ0v) is 6.88. The SMILES string of the molecule is O=C1OC=CC1=Nc1cccs1. The fourth-order valence-corrected chi connectivity index (χ4v) is 1.43. The van der Waals surface area contributed by atoms with Gasteiger partial charge in [-0.25, -0.2) is 9.79 Å². The number of nitrogens with zero attached hydrogens (tertiary/aromatic N) is 1. The van der Waals surface area contributed by atoms with Crippen LogP contribution >= 0.6 is 11.3 Å². The lowest BCUT2D eigenvalue weighted by Gasteiger charge is -1.88. The lowest BCUT2D eigenvalue weighted by atomic mass is 10.4. The maximum Gasteiger partial charge on any atom is 0.361 e. The number of cyclic esters (lactones) is 1. The van der Waals surface area contributed by atoms with Gasteiger partial charge in [0.2, 0.25) is 0 Å². The zero-order chi connectivity index (χ0) is 8.39. The molecule has 0 amide bonds. The Balaban J connectivity index is 2.29. The second-order valence-electron chi connectivity index (χ2n) is 2.16. The molecule has 0 N–H and O–H groups in total. The van der Waals surface area contributed by atoms with Gasteiger partial charge in [-0.15, -0.1) is 11.3 Å². The number of carbonyl (C=O) groups is 1. The summed E-state index contributed by atoms with van der Waals surface area (Å²) in [6, 6.07) is 3.73. The van der Waals surface area contributed by atoms with Crippen LogP contribution in [0.3, 0.4) is 0 Å². The summed E-state index contributed by atoms with van der Waals surface area (Å²) in [5.41, 5.74) is 0.359. The van der Waals surface area contributed by atoms with E-state index in [9.17, 15) is 4.79 Å². The quantitative estimate of drug-likeness (QED) is 0.617. The minimum atomic E-state index is -0.386. The highest BCUT2D eigenvalue weighted by Crippen LogP contribution is 2.20. The van der Waals surface area contributed by atoms with Crippen LogP contribution in [0.4, 0.5) is 5.00 Å². The van der Waals surface area contributed by atoms with E-state index in [1.807, 2.05) is 17.5 Å². The molecule has 0 aliphatic carbocycles. The van der Waals surface area contributed by atoms with Gasteiger partial charge in [0.1, 0.15) is 5.00 Å². The van der Waals surface area contributed by atoms with Crippen LogP contribution in [-0.4, -0.2) is 11.7 Å². The summed E-state index contributed by atoms with van der Waals surface area (Å²) < 4.78 is 4.57. The van der Waals surface area contributed by atoms with Gasteiger partial charge < -0.3 is 4.74 Å². The van der Waals surface area contributed by atoms with Crippen LogP contribution < -0.4 is 0 Å². The molecule has 4 heteroatoms. The summed E-state index contributed by atoms with van der Waals surface area (Å²) in [5, 5.41) is 2.72. The Hall–Kier alpha value is -1.42. The molecular weight excluding hydrogens is 174 g/mol. The van der Waals surface area contributed by atoms with Gasteiger partial charge >= 0.3 is 5.97 Å². The van der Waals surface area contributed by atoms with E-state index in [1.54, 1.807) is 6.08 Å². The molecule has 0 fully saturated rings. The average Bonchev–Trinajstić information content (AvgIpc) is 2.65. The van der Waals surface area contributed by atoms with E-state index in [-0.39, 0.29) is 5.97 Å². The first kappa shape index (κ1) is 7.24. The van der Waals surface area contributed by atoms with Gasteiger partial charge in [0.15, 0.2) is 5.71 Å². The zero-order valence-electron chi connectivity index (χ0n) is 6.06. The van der Waals surface area contributed by atoms with E-state index < -0.39 is 0 Å². The van der Waals surface area contributed by atoms with Crippen LogP contribution in [-0.2, 0) is 9.53 Å². The first-order valence-corrected chi connectivity index (χ1v) is 4.24. The van der Waals surface area contributed by atoms with Crippen LogP contribution in [0.15, 0.2) is 34.8 Å². The lowest BCUT2D eigenvalue weighted by molar-refractivity contribution is -0.129. The predicted octanol–water partition coefficient (Wildman–Crippen LogP) is 1.89. The molecule has 60 valence electrons. The molecule has 1 aliphatic heterocycles. The third-order valence-electron chi connectivity index (χ3n) is 1.35. The molecule has 12 heavy (non-hydrogen) atoms. The molecule has 0 radical (unpaired) electrons. The fourth-order valence-electron chi connectivity index (χ4n) is 0.824. The summed E-state index contributed by atoms with van der Waals surface area (Å²) in [4.78, 5) is 15.0. The summed E-state index contributed by atoms with van der Waals surface area (Å²) in [7, 11) is 0. The Bertz CT molecular complexity index is 351. The molecule has 2 heterocycles. The number of thiophene rings is 1. The van der Waals surface area contributed by atoms with E-state index in [2.05, 4.69) is 9.73 Å². The van der Waals surface area contributed by atoms with Crippen molar-refractivity contribution in [3.8, 4) is 0 Å². The Morgan fingerprint density at radius 2 is 2.42 bits per heavy atom. The van der Waals surface area contributed by atoms with Crippen LogP contribution in [0.5, 0.6) is 0 Å². The van der Waals surface area contributed by atoms with E-state index in [0.717, 1.165) is 5.00 Å². The van der Waals surface area contributed by atoms with E-state index in [4.69, 9.17) is 0 Å². The lowest BCUT2D eigenvalue weighted by Crippen LogP contribution is -2.05. The molecule has 1 aromatic rings. The van der Waals surface area contributed by atoms with Crippen LogP contribution in [0.1, 0.15) is 0 Å². The maximum atomic E-state index is 10.9. The highest BCUT2D eigenvalue weighted by molar-refractivity contribution is 7.13. The highest BCUT2D eigenvalue weighted by atomic mass is 32.1. The van der Waals surface area contributed by atoms with Crippen molar-refractivity contribution < 1.29 is 9.53 Å². The number of ether oxygens (including phenoxy) is 1. The summed E-state index contributed by atoms with van der Waals surface area (Å²) in [5.74, 6) is -0.386. The van der Waals surface area contributed by atoms with Gasteiger partial charge in [-0.2, -0.15) is 0 Å². The minimum Gasteiger partial charge on any atom is -0.430 e. The first-order chi connectivity index (χ1) is 5.86. The van der Waals surface area contributed by atoms with Crippen LogP contribution in [0.25, 0.3) is 0 Å². The normalized spacial score (nSPS) is 18.7. The van der Waals surface area contributed by atoms with Crippen molar-refractivity contribution in [3.05, 3.63) is 29.9 Å². The molecule has 1 aliphatic rings. The largest absolute Gasteiger partial charge is 0.430 e. The third-order valence-corrected chi connectivity index (χ3v) is 2.11. The van der Waals surface area contributed by atoms with Crippen molar-refractivity contribution in [1.82, 2.24) is 0 Å². The summed E-state index contributed by atoms with van der Waals surface area (Å²) >= 11 is 1.48. The maximum absolute atomic E-state index is 10.9. The number of esters is 1. The predicted molar refractivity (Wildman–Crippen MR) is 46.6 cm³/mol.